The Morgan fingerprint density at radius 3 is 2.35 bits per heavy atom. The molecule has 0 aliphatic heterocycles. The number of benzene rings is 2. The highest BCUT2D eigenvalue weighted by Crippen LogP contribution is 2.40. The molecule has 0 fully saturated rings. The van der Waals surface area contributed by atoms with Gasteiger partial charge in [-0.3, -0.25) is 14.6 Å². The zero-order valence-electron chi connectivity index (χ0n) is 16.0. The Bertz CT molecular complexity index is 1070. The molecule has 3 rings (SSSR count). The largest absolute Gasteiger partial charge is 0.417 e. The van der Waals surface area contributed by atoms with Gasteiger partial charge in [0.1, 0.15) is 0 Å². The number of halogens is 4. The maximum Gasteiger partial charge on any atom is 0.417 e. The van der Waals surface area contributed by atoms with Gasteiger partial charge in [0.05, 0.1) is 22.0 Å². The summed E-state index contributed by atoms with van der Waals surface area (Å²) in [5.41, 5.74) is -0.0294. The van der Waals surface area contributed by atoms with Crippen LogP contribution in [0.4, 0.5) is 30.2 Å². The Morgan fingerprint density at radius 1 is 0.968 bits per heavy atom. The molecule has 31 heavy (non-hydrogen) atoms. The lowest BCUT2D eigenvalue weighted by Gasteiger charge is -2.17. The Balaban J connectivity index is 1.80. The second kappa shape index (κ2) is 9.61. The molecule has 9 heteroatoms. The minimum absolute atomic E-state index is 0.0978. The van der Waals surface area contributed by atoms with Crippen LogP contribution in [0, 0.1) is 0 Å². The van der Waals surface area contributed by atoms with Crippen molar-refractivity contribution in [3.63, 3.8) is 0 Å². The van der Waals surface area contributed by atoms with Crippen molar-refractivity contribution in [3.8, 4) is 0 Å². The van der Waals surface area contributed by atoms with Crippen LogP contribution < -0.4 is 10.6 Å². The van der Waals surface area contributed by atoms with Gasteiger partial charge in [0.25, 0.3) is 0 Å². The van der Waals surface area contributed by atoms with Crippen molar-refractivity contribution in [2.24, 2.45) is 0 Å². The van der Waals surface area contributed by atoms with Crippen LogP contribution in [-0.4, -0.2) is 16.7 Å². The third-order valence-electron chi connectivity index (χ3n) is 4.30. The highest BCUT2D eigenvalue weighted by atomic mass is 35.5. The van der Waals surface area contributed by atoms with Gasteiger partial charge in [-0.15, -0.1) is 0 Å². The predicted molar refractivity (Wildman–Crippen MR) is 113 cm³/mol. The number of aromatic nitrogens is 1. The number of ketones is 1. The number of alkyl halides is 3. The summed E-state index contributed by atoms with van der Waals surface area (Å²) in [7, 11) is 0. The van der Waals surface area contributed by atoms with Crippen molar-refractivity contribution in [1.29, 1.82) is 0 Å². The van der Waals surface area contributed by atoms with Crippen LogP contribution in [0.5, 0.6) is 0 Å². The average molecular weight is 448 g/mol. The second-order valence-electron chi connectivity index (χ2n) is 6.58. The number of carbonyl (C=O) groups excluding carboxylic acids is 2. The van der Waals surface area contributed by atoms with E-state index in [1.54, 1.807) is 42.5 Å². The van der Waals surface area contributed by atoms with Crippen LogP contribution in [0.1, 0.15) is 28.8 Å². The molecule has 1 heterocycles. The maximum atomic E-state index is 13.3. The Kier molecular flexibility index (Phi) is 6.91. The van der Waals surface area contributed by atoms with Gasteiger partial charge in [0.2, 0.25) is 5.91 Å². The molecule has 0 saturated heterocycles. The number of nitrogens with one attached hydrogen (secondary N) is 2. The SMILES string of the molecule is O=C(CCC(=O)c1cccnc1)Nc1cc(C(F)(F)F)c(Cl)cc1Nc1ccccc1. The molecule has 0 aliphatic carbocycles. The number of Topliss-reactive ketones (excluding diaryl/α,β-unsaturated/α-hetero) is 1. The molecule has 1 amide bonds. The third kappa shape index (κ3) is 6.05. The first kappa shape index (κ1) is 22.3. The van der Waals surface area contributed by atoms with Crippen LogP contribution >= 0.6 is 11.6 Å². The van der Waals surface area contributed by atoms with E-state index in [2.05, 4.69) is 15.6 Å². The van der Waals surface area contributed by atoms with E-state index in [0.717, 1.165) is 12.1 Å². The van der Waals surface area contributed by atoms with Gasteiger partial charge in [-0.1, -0.05) is 29.8 Å². The molecule has 3 aromatic rings. The fourth-order valence-electron chi connectivity index (χ4n) is 2.79. The van der Waals surface area contributed by atoms with Gasteiger partial charge in [-0.25, -0.2) is 0 Å². The van der Waals surface area contributed by atoms with Crippen molar-refractivity contribution in [3.05, 3.63) is 83.1 Å². The second-order valence-corrected chi connectivity index (χ2v) is 6.99. The number of hydrogen-bond acceptors (Lipinski definition) is 4. The maximum absolute atomic E-state index is 13.3. The Hall–Kier alpha value is -3.39. The first-order chi connectivity index (χ1) is 14.7. The Labute approximate surface area is 181 Å². The van der Waals surface area contributed by atoms with Gasteiger partial charge in [0.15, 0.2) is 5.78 Å². The lowest BCUT2D eigenvalue weighted by atomic mass is 10.1. The number of carbonyl (C=O) groups is 2. The first-order valence-corrected chi connectivity index (χ1v) is 9.58. The standard InChI is InChI=1S/C22H17ClF3N3O2/c23-17-12-19(28-15-6-2-1-3-7-15)18(11-16(17)22(24,25)26)29-21(31)9-8-20(30)14-5-4-10-27-13-14/h1-7,10-13,28H,8-9H2,(H,29,31). The summed E-state index contributed by atoms with van der Waals surface area (Å²) >= 11 is 5.84. The molecule has 0 bridgehead atoms. The molecule has 2 N–H and O–H groups in total. The van der Waals surface area contributed by atoms with Crippen LogP contribution in [0.25, 0.3) is 0 Å². The monoisotopic (exact) mass is 447 g/mol. The van der Waals surface area contributed by atoms with Crippen molar-refractivity contribution in [1.82, 2.24) is 4.98 Å². The van der Waals surface area contributed by atoms with E-state index in [9.17, 15) is 22.8 Å². The van der Waals surface area contributed by atoms with E-state index in [1.165, 1.54) is 12.4 Å². The molecule has 0 unspecified atom stereocenters. The topological polar surface area (TPSA) is 71.1 Å². The molecular formula is C22H17ClF3N3O2. The number of anilines is 3. The fraction of sp³-hybridized carbons (Fsp3) is 0.136. The Morgan fingerprint density at radius 2 is 1.71 bits per heavy atom. The summed E-state index contributed by atoms with van der Waals surface area (Å²) in [5, 5.41) is 4.89. The van der Waals surface area contributed by atoms with Gasteiger partial charge >= 0.3 is 6.18 Å². The van der Waals surface area contributed by atoms with Gasteiger partial charge in [0, 0.05) is 36.5 Å². The summed E-state index contributed by atoms with van der Waals surface area (Å²) in [5.74, 6) is -0.901. The number of para-hydroxylation sites is 1. The molecule has 0 atom stereocenters. The average Bonchev–Trinajstić information content (AvgIpc) is 2.74. The number of hydrogen-bond donors (Lipinski definition) is 2. The van der Waals surface area contributed by atoms with Crippen LogP contribution in [0.2, 0.25) is 5.02 Å². The molecule has 2 aromatic carbocycles. The minimum Gasteiger partial charge on any atom is -0.354 e. The van der Waals surface area contributed by atoms with Gasteiger partial charge in [-0.05, 0) is 36.4 Å². The van der Waals surface area contributed by atoms with Gasteiger partial charge < -0.3 is 10.6 Å². The van der Waals surface area contributed by atoms with E-state index >= 15 is 0 Å². The van der Waals surface area contributed by atoms with Crippen molar-refractivity contribution >= 4 is 40.4 Å². The molecule has 0 aliphatic rings. The summed E-state index contributed by atoms with van der Waals surface area (Å²) in [6.45, 7) is 0. The molecule has 0 radical (unpaired) electrons. The van der Waals surface area contributed by atoms with Crippen molar-refractivity contribution in [2.75, 3.05) is 10.6 Å². The predicted octanol–water partition coefficient (Wildman–Crippen LogP) is 6.10. The number of rotatable bonds is 7. The van der Waals surface area contributed by atoms with E-state index in [1.807, 2.05) is 0 Å². The van der Waals surface area contributed by atoms with Gasteiger partial charge in [-0.2, -0.15) is 13.2 Å². The molecule has 0 saturated carbocycles. The zero-order chi connectivity index (χ0) is 22.4. The highest BCUT2D eigenvalue weighted by molar-refractivity contribution is 6.32. The van der Waals surface area contributed by atoms with Crippen LogP contribution in [0.3, 0.4) is 0 Å². The van der Waals surface area contributed by atoms with Crippen molar-refractivity contribution < 1.29 is 22.8 Å². The molecule has 0 spiro atoms. The minimum atomic E-state index is -4.70. The molecule has 160 valence electrons. The molecule has 5 nitrogen and oxygen atoms in total. The van der Waals surface area contributed by atoms with Crippen molar-refractivity contribution in [2.45, 2.75) is 19.0 Å². The first-order valence-electron chi connectivity index (χ1n) is 9.20. The number of pyridine rings is 1. The van der Waals surface area contributed by atoms with E-state index in [-0.39, 0.29) is 30.0 Å². The molecular weight excluding hydrogens is 431 g/mol. The zero-order valence-corrected chi connectivity index (χ0v) is 16.8. The number of amides is 1. The fourth-order valence-corrected chi connectivity index (χ4v) is 3.06. The summed E-state index contributed by atoms with van der Waals surface area (Å²) in [4.78, 5) is 28.4. The van der Waals surface area contributed by atoms with Crippen LogP contribution in [-0.2, 0) is 11.0 Å². The molecule has 1 aromatic heterocycles. The van der Waals surface area contributed by atoms with E-state index < -0.39 is 22.7 Å². The highest BCUT2D eigenvalue weighted by Gasteiger charge is 2.34. The van der Waals surface area contributed by atoms with Crippen LogP contribution in [0.15, 0.2) is 67.0 Å². The summed E-state index contributed by atoms with van der Waals surface area (Å²) < 4.78 is 39.9. The van der Waals surface area contributed by atoms with E-state index in [4.69, 9.17) is 11.6 Å². The lowest BCUT2D eigenvalue weighted by molar-refractivity contribution is -0.137. The summed E-state index contributed by atoms with van der Waals surface area (Å²) in [6, 6.07) is 13.8. The smallest absolute Gasteiger partial charge is 0.354 e. The third-order valence-corrected chi connectivity index (χ3v) is 4.61. The quantitative estimate of drug-likeness (QED) is 0.429. The normalized spacial score (nSPS) is 11.1. The summed E-state index contributed by atoms with van der Waals surface area (Å²) in [6.07, 6.45) is -2.11. The number of nitrogens with zero attached hydrogens (tertiary/aromatic N) is 1. The lowest BCUT2D eigenvalue weighted by Crippen LogP contribution is -2.16. The van der Waals surface area contributed by atoms with E-state index in [0.29, 0.717) is 11.3 Å².